The first-order chi connectivity index (χ1) is 6.69. The minimum atomic E-state index is -0.0887. The van der Waals surface area contributed by atoms with Crippen molar-refractivity contribution in [3.05, 3.63) is 36.9 Å². The van der Waals surface area contributed by atoms with Crippen molar-refractivity contribution >= 4 is 11.7 Å². The van der Waals surface area contributed by atoms with Crippen LogP contribution in [0.15, 0.2) is 24.3 Å². The lowest BCUT2D eigenvalue weighted by molar-refractivity contribution is -0.487. The molecule has 3 nitrogen and oxygen atoms in total. The summed E-state index contributed by atoms with van der Waals surface area (Å²) in [5.41, 5.74) is 2.17. The summed E-state index contributed by atoms with van der Waals surface area (Å²) in [5.74, 6) is 0. The molecule has 1 rings (SSSR count). The molecule has 14 heavy (non-hydrogen) atoms. The molecule has 0 aliphatic heterocycles. The van der Waals surface area contributed by atoms with Crippen LogP contribution in [0, 0.1) is 7.05 Å². The first-order valence-electron chi connectivity index (χ1n) is 4.68. The number of primary amides is 1. The fraction of sp³-hybridized carbons (Fsp3) is 0.273. The van der Waals surface area contributed by atoms with E-state index < -0.39 is 0 Å². The van der Waals surface area contributed by atoms with E-state index in [0.29, 0.717) is 0 Å². The van der Waals surface area contributed by atoms with Crippen LogP contribution in [-0.2, 0) is 6.42 Å². The van der Waals surface area contributed by atoms with E-state index in [1.165, 1.54) is 10.9 Å². The number of quaternary nitrogens is 1. The molecule has 0 saturated heterocycles. The number of urea groups is 1. The SMILES string of the molecule is [CH2-][NH2+]C(=O)N(C)c1ccc(CC)cc1. The van der Waals surface area contributed by atoms with Crippen LogP contribution < -0.4 is 10.2 Å². The highest BCUT2D eigenvalue weighted by Gasteiger charge is 2.09. The van der Waals surface area contributed by atoms with Crippen molar-refractivity contribution in [1.29, 1.82) is 0 Å². The average molecular weight is 192 g/mol. The highest BCUT2D eigenvalue weighted by atomic mass is 16.2. The Balaban J connectivity index is 2.81. The molecule has 0 saturated carbocycles. The molecule has 0 unspecified atom stereocenters. The Morgan fingerprint density at radius 1 is 1.43 bits per heavy atom. The summed E-state index contributed by atoms with van der Waals surface area (Å²) in [6.45, 7) is 2.10. The molecule has 0 aliphatic carbocycles. The quantitative estimate of drug-likeness (QED) is 0.701. The lowest BCUT2D eigenvalue weighted by Gasteiger charge is -2.15. The molecule has 0 heterocycles. The third-order valence-electron chi connectivity index (χ3n) is 2.24. The Morgan fingerprint density at radius 2 is 2.00 bits per heavy atom. The van der Waals surface area contributed by atoms with Gasteiger partial charge in [-0.3, -0.25) is 4.90 Å². The second-order valence-electron chi connectivity index (χ2n) is 3.12. The Hall–Kier alpha value is -1.35. The average Bonchev–Trinajstić information content (AvgIpc) is 2.27. The molecule has 0 aromatic heterocycles. The van der Waals surface area contributed by atoms with Gasteiger partial charge in [-0.05, 0) is 24.1 Å². The van der Waals surface area contributed by atoms with E-state index >= 15 is 0 Å². The number of hydrogen-bond acceptors (Lipinski definition) is 1. The van der Waals surface area contributed by atoms with Gasteiger partial charge < -0.3 is 5.32 Å². The summed E-state index contributed by atoms with van der Waals surface area (Å²) in [6, 6.07) is 7.86. The number of aryl methyl sites for hydroxylation is 1. The molecule has 1 aromatic carbocycles. The van der Waals surface area contributed by atoms with Gasteiger partial charge in [-0.25, -0.2) is 4.79 Å². The van der Waals surface area contributed by atoms with Crippen LogP contribution in [0.1, 0.15) is 12.5 Å². The summed E-state index contributed by atoms with van der Waals surface area (Å²) >= 11 is 0. The van der Waals surface area contributed by atoms with E-state index in [1.807, 2.05) is 24.3 Å². The van der Waals surface area contributed by atoms with Crippen molar-refractivity contribution in [1.82, 2.24) is 0 Å². The molecule has 0 fully saturated rings. The first kappa shape index (κ1) is 10.7. The number of benzene rings is 1. The zero-order valence-corrected chi connectivity index (χ0v) is 8.66. The van der Waals surface area contributed by atoms with Crippen molar-refractivity contribution in [2.75, 3.05) is 11.9 Å². The van der Waals surface area contributed by atoms with Gasteiger partial charge in [-0.15, -0.1) is 7.05 Å². The van der Waals surface area contributed by atoms with Crippen molar-refractivity contribution in [3.63, 3.8) is 0 Å². The Bertz CT molecular complexity index is 306. The predicted molar refractivity (Wildman–Crippen MR) is 56.9 cm³/mol. The van der Waals surface area contributed by atoms with Gasteiger partial charge in [0.2, 0.25) is 0 Å². The molecule has 0 radical (unpaired) electrons. The molecule has 2 N–H and O–H groups in total. The highest BCUT2D eigenvalue weighted by molar-refractivity contribution is 5.84. The third-order valence-corrected chi connectivity index (χ3v) is 2.24. The summed E-state index contributed by atoms with van der Waals surface area (Å²) in [4.78, 5) is 12.9. The number of carbonyl (C=O) groups is 1. The number of amides is 2. The van der Waals surface area contributed by atoms with Gasteiger partial charge in [0.1, 0.15) is 0 Å². The largest absolute Gasteiger partial charge is 0.394 e. The third kappa shape index (κ3) is 2.33. The van der Waals surface area contributed by atoms with Crippen molar-refractivity contribution in [2.24, 2.45) is 0 Å². The van der Waals surface area contributed by atoms with Crippen LogP contribution in [0.5, 0.6) is 0 Å². The summed E-state index contributed by atoms with van der Waals surface area (Å²) in [6.07, 6.45) is 1.01. The van der Waals surface area contributed by atoms with Gasteiger partial charge in [0.15, 0.2) is 0 Å². The van der Waals surface area contributed by atoms with E-state index in [-0.39, 0.29) is 6.03 Å². The zero-order valence-electron chi connectivity index (χ0n) is 8.66. The fourth-order valence-electron chi connectivity index (χ4n) is 1.22. The van der Waals surface area contributed by atoms with E-state index in [2.05, 4.69) is 14.0 Å². The maximum atomic E-state index is 11.3. The van der Waals surface area contributed by atoms with Gasteiger partial charge in [0.05, 0.1) is 0 Å². The van der Waals surface area contributed by atoms with E-state index in [1.54, 1.807) is 11.9 Å². The molecule has 2 amide bonds. The monoisotopic (exact) mass is 192 g/mol. The summed E-state index contributed by atoms with van der Waals surface area (Å²) in [5, 5.41) is 1.31. The maximum Gasteiger partial charge on any atom is 0.393 e. The van der Waals surface area contributed by atoms with Gasteiger partial charge >= 0.3 is 6.03 Å². The van der Waals surface area contributed by atoms with E-state index in [0.717, 1.165) is 12.1 Å². The Kier molecular flexibility index (Phi) is 3.65. The smallest absolute Gasteiger partial charge is 0.393 e. The number of carbonyl (C=O) groups excluding carboxylic acids is 1. The molecule has 0 spiro atoms. The van der Waals surface area contributed by atoms with Gasteiger partial charge in [-0.2, -0.15) is 0 Å². The molecular formula is C11H16N2O. The van der Waals surface area contributed by atoms with Gasteiger partial charge in [0, 0.05) is 12.7 Å². The molecule has 0 atom stereocenters. The Labute approximate surface area is 84.7 Å². The molecule has 0 bridgehead atoms. The lowest BCUT2D eigenvalue weighted by atomic mass is 10.1. The van der Waals surface area contributed by atoms with E-state index in [4.69, 9.17) is 0 Å². The number of nitrogens with zero attached hydrogens (tertiary/aromatic N) is 1. The number of nitrogens with two attached hydrogens (primary N) is 1. The lowest BCUT2D eigenvalue weighted by Crippen LogP contribution is -2.84. The van der Waals surface area contributed by atoms with E-state index in [9.17, 15) is 4.79 Å². The van der Waals surface area contributed by atoms with Crippen LogP contribution in [0.4, 0.5) is 10.5 Å². The summed E-state index contributed by atoms with van der Waals surface area (Å²) < 4.78 is 0. The number of anilines is 1. The fourth-order valence-corrected chi connectivity index (χ4v) is 1.22. The van der Waals surface area contributed by atoms with Crippen LogP contribution in [0.3, 0.4) is 0 Å². The standard InChI is InChI=1S/C11H16N2O/c1-4-9-5-7-10(8-6-9)13(3)11(14)12-2/h5-8H,2,4,12H2,1,3H3. The molecule has 3 heteroatoms. The zero-order chi connectivity index (χ0) is 10.6. The maximum absolute atomic E-state index is 11.3. The van der Waals surface area contributed by atoms with Crippen molar-refractivity contribution < 1.29 is 10.1 Å². The van der Waals surface area contributed by atoms with Crippen molar-refractivity contribution in [2.45, 2.75) is 13.3 Å². The Morgan fingerprint density at radius 3 is 2.43 bits per heavy atom. The number of rotatable bonds is 2. The first-order valence-corrected chi connectivity index (χ1v) is 4.68. The predicted octanol–water partition coefficient (Wildman–Crippen LogP) is 1.16. The molecule has 0 aliphatic rings. The van der Waals surface area contributed by atoms with Gasteiger partial charge in [0.25, 0.3) is 0 Å². The highest BCUT2D eigenvalue weighted by Crippen LogP contribution is 2.13. The minimum Gasteiger partial charge on any atom is -0.394 e. The second kappa shape index (κ2) is 4.77. The van der Waals surface area contributed by atoms with Crippen LogP contribution >= 0.6 is 0 Å². The molecule has 76 valence electrons. The number of hydrogen-bond donors (Lipinski definition) is 1. The van der Waals surface area contributed by atoms with Crippen molar-refractivity contribution in [3.8, 4) is 0 Å². The van der Waals surface area contributed by atoms with Crippen LogP contribution in [0.25, 0.3) is 0 Å². The van der Waals surface area contributed by atoms with Gasteiger partial charge in [-0.1, -0.05) is 19.1 Å². The topological polar surface area (TPSA) is 36.9 Å². The second-order valence-corrected chi connectivity index (χ2v) is 3.12. The minimum absolute atomic E-state index is 0.0887. The molecule has 1 aromatic rings. The van der Waals surface area contributed by atoms with Crippen LogP contribution in [0.2, 0.25) is 0 Å². The normalized spacial score (nSPS) is 9.93. The molecular weight excluding hydrogens is 176 g/mol. The van der Waals surface area contributed by atoms with Crippen LogP contribution in [-0.4, -0.2) is 13.1 Å². The summed E-state index contributed by atoms with van der Waals surface area (Å²) in [7, 11) is 5.19.